The number of carbonyl (C=O) groups excluding carboxylic acids is 1. The molecule has 2 aromatic rings. The SMILES string of the molecule is C/C=C(/c1ccc2cc(OC)ccc2c1)C(C)(C)C(=O)[O-].[Na+]. The number of carboxylic acid groups (broad SMARTS) is 1. The number of fused-ring (bicyclic) bond motifs is 1. The molecule has 110 valence electrons. The van der Waals surface area contributed by atoms with Crippen molar-refractivity contribution in [2.45, 2.75) is 20.8 Å². The molecule has 0 aliphatic heterocycles. The maximum absolute atomic E-state index is 11.4. The van der Waals surface area contributed by atoms with E-state index in [1.807, 2.05) is 49.4 Å². The Hall–Kier alpha value is -1.29. The molecule has 0 fully saturated rings. The molecular formula is C18H19NaO3. The second-order valence-electron chi connectivity index (χ2n) is 5.54. The smallest absolute Gasteiger partial charge is 0.549 e. The zero-order chi connectivity index (χ0) is 15.6. The van der Waals surface area contributed by atoms with Gasteiger partial charge in [-0.15, -0.1) is 0 Å². The second-order valence-corrected chi connectivity index (χ2v) is 5.54. The first-order chi connectivity index (χ1) is 9.90. The summed E-state index contributed by atoms with van der Waals surface area (Å²) >= 11 is 0. The van der Waals surface area contributed by atoms with Gasteiger partial charge in [-0.25, -0.2) is 0 Å². The van der Waals surface area contributed by atoms with Crippen molar-refractivity contribution in [3.8, 4) is 5.75 Å². The van der Waals surface area contributed by atoms with E-state index in [0.29, 0.717) is 0 Å². The topological polar surface area (TPSA) is 49.4 Å². The standard InChI is InChI=1S/C18H20O3.Na/c1-5-16(18(2,3)17(19)20)14-7-6-13-11-15(21-4)9-8-12(13)10-14;/h5-11H,1-4H3,(H,19,20);/q;+1/p-1/b16-5-;. The number of carbonyl (C=O) groups is 1. The summed E-state index contributed by atoms with van der Waals surface area (Å²) in [5, 5.41) is 13.5. The Morgan fingerprint density at radius 1 is 1.14 bits per heavy atom. The molecule has 4 heteroatoms. The summed E-state index contributed by atoms with van der Waals surface area (Å²) in [7, 11) is 1.63. The fourth-order valence-electron chi connectivity index (χ4n) is 2.52. The van der Waals surface area contributed by atoms with E-state index in [9.17, 15) is 9.90 Å². The molecular weight excluding hydrogens is 287 g/mol. The molecule has 0 saturated carbocycles. The minimum atomic E-state index is -1.08. The van der Waals surface area contributed by atoms with Crippen molar-refractivity contribution in [3.63, 3.8) is 0 Å². The van der Waals surface area contributed by atoms with Crippen LogP contribution < -0.4 is 39.4 Å². The van der Waals surface area contributed by atoms with Crippen molar-refractivity contribution in [2.24, 2.45) is 5.41 Å². The van der Waals surface area contributed by atoms with Crippen molar-refractivity contribution >= 4 is 22.3 Å². The Kier molecular flexibility index (Phi) is 6.24. The largest absolute Gasteiger partial charge is 1.00 e. The van der Waals surface area contributed by atoms with Crippen LogP contribution >= 0.6 is 0 Å². The van der Waals surface area contributed by atoms with Gasteiger partial charge < -0.3 is 14.6 Å². The van der Waals surface area contributed by atoms with Gasteiger partial charge >= 0.3 is 29.6 Å². The summed E-state index contributed by atoms with van der Waals surface area (Å²) in [6, 6.07) is 11.7. The minimum absolute atomic E-state index is 0. The van der Waals surface area contributed by atoms with Crippen LogP contribution in [0, 0.1) is 5.41 Å². The van der Waals surface area contributed by atoms with Gasteiger partial charge in [0.05, 0.1) is 13.1 Å². The molecule has 0 aromatic heterocycles. The van der Waals surface area contributed by atoms with Crippen LogP contribution in [0.4, 0.5) is 0 Å². The fraction of sp³-hybridized carbons (Fsp3) is 0.278. The van der Waals surface area contributed by atoms with Crippen LogP contribution in [0.3, 0.4) is 0 Å². The molecule has 0 N–H and O–H groups in total. The summed E-state index contributed by atoms with van der Waals surface area (Å²) in [4.78, 5) is 11.4. The third kappa shape index (κ3) is 3.54. The predicted molar refractivity (Wildman–Crippen MR) is 82.9 cm³/mol. The van der Waals surface area contributed by atoms with Crippen molar-refractivity contribution in [2.75, 3.05) is 7.11 Å². The zero-order valence-corrected chi connectivity index (χ0v) is 15.8. The van der Waals surface area contributed by atoms with Crippen LogP contribution in [0.2, 0.25) is 0 Å². The molecule has 2 rings (SSSR count). The van der Waals surface area contributed by atoms with Gasteiger partial charge in [-0.2, -0.15) is 0 Å². The maximum Gasteiger partial charge on any atom is 1.00 e. The molecule has 0 aliphatic carbocycles. The van der Waals surface area contributed by atoms with E-state index in [0.717, 1.165) is 27.7 Å². The number of methoxy groups -OCH3 is 1. The van der Waals surface area contributed by atoms with Crippen molar-refractivity contribution in [3.05, 3.63) is 48.0 Å². The molecule has 2 aromatic carbocycles. The van der Waals surface area contributed by atoms with Crippen molar-refractivity contribution in [1.29, 1.82) is 0 Å². The molecule has 0 aliphatic rings. The van der Waals surface area contributed by atoms with Gasteiger partial charge in [0.25, 0.3) is 0 Å². The number of aliphatic carboxylic acids is 1. The third-order valence-corrected chi connectivity index (χ3v) is 3.83. The number of hydrogen-bond acceptors (Lipinski definition) is 3. The van der Waals surface area contributed by atoms with Crippen LogP contribution in [-0.2, 0) is 4.79 Å². The Morgan fingerprint density at radius 3 is 2.27 bits per heavy atom. The van der Waals surface area contributed by atoms with Gasteiger partial charge in [0.2, 0.25) is 0 Å². The summed E-state index contributed by atoms with van der Waals surface area (Å²) in [5.74, 6) is -0.276. The minimum Gasteiger partial charge on any atom is -0.549 e. The maximum atomic E-state index is 11.4. The summed E-state index contributed by atoms with van der Waals surface area (Å²) in [6.45, 7) is 5.17. The summed E-state index contributed by atoms with van der Waals surface area (Å²) in [5.41, 5.74) is 0.610. The molecule has 22 heavy (non-hydrogen) atoms. The van der Waals surface area contributed by atoms with Crippen LogP contribution in [0.15, 0.2) is 42.5 Å². The summed E-state index contributed by atoms with van der Waals surface area (Å²) < 4.78 is 5.21. The molecule has 0 unspecified atom stereocenters. The van der Waals surface area contributed by atoms with Gasteiger partial charge in [0.1, 0.15) is 5.75 Å². The quantitative estimate of drug-likeness (QED) is 0.749. The normalized spacial score (nSPS) is 11.9. The first-order valence-corrected chi connectivity index (χ1v) is 6.86. The van der Waals surface area contributed by atoms with Crippen LogP contribution in [0.5, 0.6) is 5.75 Å². The van der Waals surface area contributed by atoms with Gasteiger partial charge in [-0.05, 0) is 47.0 Å². The molecule has 0 bridgehead atoms. The molecule has 0 radical (unpaired) electrons. The Labute approximate surface area is 153 Å². The van der Waals surface area contributed by atoms with Gasteiger partial charge in [0.15, 0.2) is 0 Å². The zero-order valence-electron chi connectivity index (χ0n) is 13.8. The number of allylic oxidation sites excluding steroid dienone is 1. The number of hydrogen-bond donors (Lipinski definition) is 0. The molecule has 0 atom stereocenters. The number of ether oxygens (including phenoxy) is 1. The van der Waals surface area contributed by atoms with Gasteiger partial charge in [0, 0.05) is 5.41 Å². The number of rotatable bonds is 4. The Bertz CT molecular complexity index is 717. The van der Waals surface area contributed by atoms with Crippen molar-refractivity contribution in [1.82, 2.24) is 0 Å². The fourth-order valence-corrected chi connectivity index (χ4v) is 2.52. The third-order valence-electron chi connectivity index (χ3n) is 3.83. The van der Waals surface area contributed by atoms with Gasteiger partial charge in [-0.1, -0.05) is 38.1 Å². The monoisotopic (exact) mass is 306 g/mol. The molecule has 0 amide bonds. The van der Waals surface area contributed by atoms with Gasteiger partial charge in [-0.3, -0.25) is 0 Å². The van der Waals surface area contributed by atoms with E-state index in [-0.39, 0.29) is 29.6 Å². The Morgan fingerprint density at radius 2 is 1.73 bits per heavy atom. The Balaban J connectivity index is 0.00000242. The van der Waals surface area contributed by atoms with Crippen LogP contribution in [-0.4, -0.2) is 13.1 Å². The van der Waals surface area contributed by atoms with Crippen molar-refractivity contribution < 1.29 is 44.2 Å². The van der Waals surface area contributed by atoms with E-state index in [4.69, 9.17) is 4.74 Å². The van der Waals surface area contributed by atoms with E-state index in [1.165, 1.54) is 0 Å². The predicted octanol–water partition coefficient (Wildman–Crippen LogP) is 0.0318. The molecule has 0 heterocycles. The van der Waals surface area contributed by atoms with E-state index < -0.39 is 11.4 Å². The van der Waals surface area contributed by atoms with Crippen LogP contribution in [0.25, 0.3) is 16.3 Å². The molecule has 3 nitrogen and oxygen atoms in total. The van der Waals surface area contributed by atoms with Crippen LogP contribution in [0.1, 0.15) is 26.3 Å². The molecule has 0 spiro atoms. The summed E-state index contributed by atoms with van der Waals surface area (Å²) in [6.07, 6.45) is 1.83. The van der Waals surface area contributed by atoms with E-state index >= 15 is 0 Å². The number of benzene rings is 2. The van der Waals surface area contributed by atoms with E-state index in [1.54, 1.807) is 21.0 Å². The first-order valence-electron chi connectivity index (χ1n) is 6.86. The average Bonchev–Trinajstić information content (AvgIpc) is 2.47. The molecule has 0 saturated heterocycles. The van der Waals surface area contributed by atoms with E-state index in [2.05, 4.69) is 0 Å². The average molecular weight is 306 g/mol. The second kappa shape index (κ2) is 7.32. The first kappa shape index (κ1) is 18.8. The number of carboxylic acids is 1.